The molecule has 0 amide bonds. The Bertz CT molecular complexity index is 866. The van der Waals surface area contributed by atoms with Crippen molar-refractivity contribution in [3.8, 4) is 16.8 Å². The zero-order valence-electron chi connectivity index (χ0n) is 14.1. The molecule has 7 heteroatoms. The molecule has 0 aliphatic carbocycles. The van der Waals surface area contributed by atoms with E-state index in [1.54, 1.807) is 24.7 Å². The second-order valence-electron chi connectivity index (χ2n) is 5.68. The van der Waals surface area contributed by atoms with Crippen LogP contribution < -0.4 is 4.72 Å². The Kier molecular flexibility index (Phi) is 5.63. The molecule has 0 saturated carbocycles. The van der Waals surface area contributed by atoms with Crippen molar-refractivity contribution in [2.45, 2.75) is 19.8 Å². The summed E-state index contributed by atoms with van der Waals surface area (Å²) in [6, 6.07) is 9.49. The Balaban J connectivity index is 1.87. The van der Waals surface area contributed by atoms with Gasteiger partial charge >= 0.3 is 0 Å². The summed E-state index contributed by atoms with van der Waals surface area (Å²) in [5.74, 6) is 0. The Morgan fingerprint density at radius 2 is 2.12 bits per heavy atom. The normalized spacial score (nSPS) is 12.2. The molecule has 0 bridgehead atoms. The minimum absolute atomic E-state index is 0.580. The number of halogens is 1. The predicted molar refractivity (Wildman–Crippen MR) is 103 cm³/mol. The lowest BCUT2D eigenvalue weighted by Crippen LogP contribution is -2.09. The van der Waals surface area contributed by atoms with E-state index in [0.29, 0.717) is 5.02 Å². The number of aryl methyl sites for hydroxylation is 1. The summed E-state index contributed by atoms with van der Waals surface area (Å²) in [4.78, 5) is 4.37. The molecule has 0 spiro atoms. The standard InChI is InChI=1S/C18H19ClN4OS/c1-3-4-14-9-16(7-8-20-14)23-12-13(11-21-23)17-6-5-15(10-18(17)19)22-25(2)24/h5-12,22H,3-4H2,1-2H3. The van der Waals surface area contributed by atoms with Gasteiger partial charge in [-0.3, -0.25) is 4.98 Å². The van der Waals surface area contributed by atoms with Crippen LogP contribution >= 0.6 is 11.6 Å². The van der Waals surface area contributed by atoms with Gasteiger partial charge in [-0.2, -0.15) is 5.10 Å². The molecule has 1 atom stereocenters. The van der Waals surface area contributed by atoms with Crippen LogP contribution in [0.1, 0.15) is 19.0 Å². The second kappa shape index (κ2) is 7.91. The van der Waals surface area contributed by atoms with Crippen LogP contribution in [0.25, 0.3) is 16.8 Å². The first-order valence-corrected chi connectivity index (χ1v) is 9.90. The topological polar surface area (TPSA) is 65.8 Å². The number of aromatic nitrogens is 3. The molecule has 5 nitrogen and oxygen atoms in total. The number of nitrogens with zero attached hydrogens (tertiary/aromatic N) is 3. The monoisotopic (exact) mass is 374 g/mol. The van der Waals surface area contributed by atoms with Gasteiger partial charge in [-0.15, -0.1) is 0 Å². The van der Waals surface area contributed by atoms with Gasteiger partial charge in [0, 0.05) is 29.2 Å². The van der Waals surface area contributed by atoms with Crippen LogP contribution in [-0.4, -0.2) is 25.6 Å². The van der Waals surface area contributed by atoms with E-state index in [9.17, 15) is 4.55 Å². The van der Waals surface area contributed by atoms with Crippen LogP contribution in [0.4, 0.5) is 5.69 Å². The van der Waals surface area contributed by atoms with Crippen molar-refractivity contribution in [1.82, 2.24) is 14.8 Å². The molecule has 0 saturated heterocycles. The molecule has 0 aliphatic rings. The smallest absolute Gasteiger partial charge is 0.121 e. The van der Waals surface area contributed by atoms with Crippen LogP contribution in [0, 0.1) is 0 Å². The van der Waals surface area contributed by atoms with Crippen LogP contribution in [0.2, 0.25) is 5.02 Å². The zero-order valence-corrected chi connectivity index (χ0v) is 15.6. The molecule has 0 fully saturated rings. The van der Waals surface area contributed by atoms with E-state index in [1.165, 1.54) is 0 Å². The largest absolute Gasteiger partial charge is 0.593 e. The SMILES string of the molecule is CCCc1cc(-n2cc(-c3ccc(N[S+](C)[O-])cc3Cl)cn2)ccn1. The summed E-state index contributed by atoms with van der Waals surface area (Å²) in [5, 5.41) is 5.02. The van der Waals surface area contributed by atoms with E-state index in [4.69, 9.17) is 11.6 Å². The molecular weight excluding hydrogens is 356 g/mol. The highest BCUT2D eigenvalue weighted by Gasteiger charge is 2.10. The highest BCUT2D eigenvalue weighted by atomic mass is 35.5. The van der Waals surface area contributed by atoms with Crippen molar-refractivity contribution in [2.75, 3.05) is 11.0 Å². The van der Waals surface area contributed by atoms with E-state index in [-0.39, 0.29) is 0 Å². The number of hydrogen-bond acceptors (Lipinski definition) is 4. The molecule has 2 heterocycles. The molecule has 2 aromatic heterocycles. The van der Waals surface area contributed by atoms with Crippen LogP contribution in [-0.2, 0) is 17.8 Å². The lowest BCUT2D eigenvalue weighted by molar-refractivity contribution is 0.605. The fourth-order valence-corrected chi connectivity index (χ4v) is 3.33. The Labute approximate surface area is 155 Å². The van der Waals surface area contributed by atoms with Crippen LogP contribution in [0.15, 0.2) is 48.9 Å². The summed E-state index contributed by atoms with van der Waals surface area (Å²) >= 11 is 5.25. The summed E-state index contributed by atoms with van der Waals surface area (Å²) in [5.41, 5.74) is 4.55. The average molecular weight is 375 g/mol. The fraction of sp³-hybridized carbons (Fsp3) is 0.222. The summed E-state index contributed by atoms with van der Waals surface area (Å²) in [7, 11) is 0. The summed E-state index contributed by atoms with van der Waals surface area (Å²) in [6.45, 7) is 2.13. The third kappa shape index (κ3) is 4.34. The van der Waals surface area contributed by atoms with Crippen molar-refractivity contribution >= 4 is 28.7 Å². The van der Waals surface area contributed by atoms with Crippen molar-refractivity contribution in [1.29, 1.82) is 0 Å². The molecule has 1 unspecified atom stereocenters. The first kappa shape index (κ1) is 17.8. The minimum atomic E-state index is -1.13. The fourth-order valence-electron chi connectivity index (χ4n) is 2.58. The molecular formula is C18H19ClN4OS. The predicted octanol–water partition coefficient (Wildman–Crippen LogP) is 4.25. The summed E-state index contributed by atoms with van der Waals surface area (Å²) in [6.07, 6.45) is 9.11. The van der Waals surface area contributed by atoms with Gasteiger partial charge in [0.15, 0.2) is 0 Å². The molecule has 130 valence electrons. The molecule has 0 radical (unpaired) electrons. The highest BCUT2D eigenvalue weighted by molar-refractivity contribution is 7.92. The van der Waals surface area contributed by atoms with Gasteiger partial charge in [-0.1, -0.05) is 31.0 Å². The van der Waals surface area contributed by atoms with Gasteiger partial charge in [-0.05, 0) is 30.7 Å². The first-order valence-electron chi connectivity index (χ1n) is 7.97. The van der Waals surface area contributed by atoms with Crippen LogP contribution in [0.3, 0.4) is 0 Å². The molecule has 3 aromatic rings. The van der Waals surface area contributed by atoms with Gasteiger partial charge < -0.3 is 4.55 Å². The van der Waals surface area contributed by atoms with Gasteiger partial charge in [0.1, 0.15) is 6.26 Å². The maximum Gasteiger partial charge on any atom is 0.121 e. The van der Waals surface area contributed by atoms with E-state index in [2.05, 4.69) is 21.7 Å². The zero-order chi connectivity index (χ0) is 17.8. The highest BCUT2D eigenvalue weighted by Crippen LogP contribution is 2.30. The number of rotatable bonds is 6. The molecule has 1 aromatic carbocycles. The van der Waals surface area contributed by atoms with E-state index >= 15 is 0 Å². The molecule has 3 rings (SSSR count). The van der Waals surface area contributed by atoms with Crippen molar-refractivity contribution in [3.05, 3.63) is 59.6 Å². The van der Waals surface area contributed by atoms with Crippen molar-refractivity contribution in [3.63, 3.8) is 0 Å². The van der Waals surface area contributed by atoms with E-state index in [0.717, 1.165) is 41.0 Å². The summed E-state index contributed by atoms with van der Waals surface area (Å²) < 4.78 is 15.9. The Morgan fingerprint density at radius 3 is 2.84 bits per heavy atom. The second-order valence-corrected chi connectivity index (χ2v) is 7.20. The van der Waals surface area contributed by atoms with Gasteiger partial charge in [0.2, 0.25) is 0 Å². The maximum atomic E-state index is 11.3. The quantitative estimate of drug-likeness (QED) is 0.655. The van der Waals surface area contributed by atoms with Gasteiger partial charge in [-0.25, -0.2) is 9.40 Å². The molecule has 25 heavy (non-hydrogen) atoms. The average Bonchev–Trinajstić information content (AvgIpc) is 3.05. The third-order valence-corrected chi connectivity index (χ3v) is 4.53. The maximum absolute atomic E-state index is 11.3. The van der Waals surface area contributed by atoms with E-state index in [1.807, 2.05) is 35.1 Å². The van der Waals surface area contributed by atoms with Gasteiger partial charge in [0.25, 0.3) is 0 Å². The number of pyridine rings is 1. The minimum Gasteiger partial charge on any atom is -0.593 e. The lowest BCUT2D eigenvalue weighted by Gasteiger charge is -2.09. The van der Waals surface area contributed by atoms with Crippen LogP contribution in [0.5, 0.6) is 0 Å². The lowest BCUT2D eigenvalue weighted by atomic mass is 10.1. The van der Waals surface area contributed by atoms with Crippen molar-refractivity contribution < 1.29 is 4.55 Å². The number of benzene rings is 1. The number of nitrogens with one attached hydrogen (secondary N) is 1. The molecule has 1 N–H and O–H groups in total. The number of anilines is 1. The van der Waals surface area contributed by atoms with Crippen molar-refractivity contribution in [2.24, 2.45) is 0 Å². The Morgan fingerprint density at radius 1 is 1.28 bits per heavy atom. The number of hydrogen-bond donors (Lipinski definition) is 1. The molecule has 0 aliphatic heterocycles. The first-order chi connectivity index (χ1) is 12.1. The van der Waals surface area contributed by atoms with E-state index < -0.39 is 11.4 Å². The third-order valence-electron chi connectivity index (χ3n) is 3.70. The Hall–Kier alpha value is -2.02. The van der Waals surface area contributed by atoms with Gasteiger partial charge in [0.05, 0.1) is 34.0 Å².